The van der Waals surface area contributed by atoms with Gasteiger partial charge >= 0.3 is 5.76 Å². The van der Waals surface area contributed by atoms with E-state index in [2.05, 4.69) is 27.4 Å². The largest absolute Gasteiger partial charge is 0.421 e. The second-order valence-corrected chi connectivity index (χ2v) is 5.27. The third-order valence-electron chi connectivity index (χ3n) is 2.71. The van der Waals surface area contributed by atoms with Gasteiger partial charge in [-0.15, -0.1) is 10.2 Å². The number of nitrogens with one attached hydrogen (secondary N) is 1. The lowest BCUT2D eigenvalue weighted by atomic mass is 10.4. The number of aromatic nitrogens is 4. The molecule has 0 saturated carbocycles. The van der Waals surface area contributed by atoms with Crippen LogP contribution in [0.5, 0.6) is 0 Å². The highest BCUT2D eigenvalue weighted by molar-refractivity contribution is 7.15. The number of pyridine rings is 1. The van der Waals surface area contributed by atoms with E-state index < -0.39 is 5.76 Å². The fraction of sp³-hybridized carbons (Fsp3) is 0.333. The Balaban J connectivity index is 1.87. The first kappa shape index (κ1) is 12.8. The minimum absolute atomic E-state index is 0.314. The summed E-state index contributed by atoms with van der Waals surface area (Å²) in [4.78, 5) is 16.0. The van der Waals surface area contributed by atoms with Gasteiger partial charge in [-0.1, -0.05) is 18.3 Å². The van der Waals surface area contributed by atoms with Crippen LogP contribution in [-0.2, 0) is 6.54 Å². The lowest BCUT2D eigenvalue weighted by Gasteiger charge is -1.97. The van der Waals surface area contributed by atoms with Gasteiger partial charge in [0.25, 0.3) is 0 Å². The van der Waals surface area contributed by atoms with E-state index in [-0.39, 0.29) is 0 Å². The number of anilines is 1. The molecule has 0 aliphatic carbocycles. The van der Waals surface area contributed by atoms with Gasteiger partial charge in [0.2, 0.25) is 5.13 Å². The first-order chi connectivity index (χ1) is 9.78. The van der Waals surface area contributed by atoms with Crippen molar-refractivity contribution in [2.75, 3.05) is 11.9 Å². The van der Waals surface area contributed by atoms with Crippen LogP contribution in [0.4, 0.5) is 5.13 Å². The summed E-state index contributed by atoms with van der Waals surface area (Å²) in [6, 6.07) is 3.45. The molecule has 0 atom stereocenters. The van der Waals surface area contributed by atoms with Crippen molar-refractivity contribution in [1.29, 1.82) is 0 Å². The third kappa shape index (κ3) is 2.42. The molecule has 0 bridgehead atoms. The molecule has 0 fully saturated rings. The Kier molecular flexibility index (Phi) is 3.46. The maximum Gasteiger partial charge on any atom is 0.421 e. The third-order valence-corrected chi connectivity index (χ3v) is 3.58. The molecular weight excluding hydrogens is 278 g/mol. The quantitative estimate of drug-likeness (QED) is 0.770. The summed E-state index contributed by atoms with van der Waals surface area (Å²) in [5.41, 5.74) is 1.00. The predicted octanol–water partition coefficient (Wildman–Crippen LogP) is 1.71. The highest BCUT2D eigenvalue weighted by atomic mass is 32.1. The molecule has 104 valence electrons. The van der Waals surface area contributed by atoms with Gasteiger partial charge in [-0.25, -0.2) is 9.78 Å². The summed E-state index contributed by atoms with van der Waals surface area (Å²) < 4.78 is 6.59. The zero-order valence-electron chi connectivity index (χ0n) is 10.9. The Morgan fingerprint density at radius 2 is 2.35 bits per heavy atom. The van der Waals surface area contributed by atoms with E-state index >= 15 is 0 Å². The Morgan fingerprint density at radius 1 is 1.45 bits per heavy atom. The molecule has 7 nitrogen and oxygen atoms in total. The van der Waals surface area contributed by atoms with Crippen LogP contribution in [0.3, 0.4) is 0 Å². The standard InChI is InChI=1S/C12H13N5O2S/c1-2-5-14-11-16-15-9(20-11)7-17-10-8(19-12(17)18)4-3-6-13-10/h3-4,6H,2,5,7H2,1H3,(H,14,16). The molecular formula is C12H13N5O2S. The average Bonchev–Trinajstić information content (AvgIpc) is 3.02. The summed E-state index contributed by atoms with van der Waals surface area (Å²) in [7, 11) is 0. The number of oxazole rings is 1. The summed E-state index contributed by atoms with van der Waals surface area (Å²) in [5, 5.41) is 12.8. The van der Waals surface area contributed by atoms with E-state index in [9.17, 15) is 4.79 Å². The molecule has 8 heteroatoms. The Hall–Kier alpha value is -2.22. The first-order valence-corrected chi connectivity index (χ1v) is 7.10. The molecule has 0 aliphatic rings. The van der Waals surface area contributed by atoms with Crippen molar-refractivity contribution in [2.45, 2.75) is 19.9 Å². The fourth-order valence-corrected chi connectivity index (χ4v) is 2.55. The smallest absolute Gasteiger partial charge is 0.406 e. The van der Waals surface area contributed by atoms with Crippen LogP contribution in [0.25, 0.3) is 11.2 Å². The summed E-state index contributed by atoms with van der Waals surface area (Å²) in [5.74, 6) is -0.433. The average molecular weight is 291 g/mol. The van der Waals surface area contributed by atoms with E-state index in [1.807, 2.05) is 0 Å². The Labute approximate surface area is 118 Å². The van der Waals surface area contributed by atoms with E-state index in [1.165, 1.54) is 15.9 Å². The molecule has 0 saturated heterocycles. The van der Waals surface area contributed by atoms with Gasteiger partial charge in [0.1, 0.15) is 5.01 Å². The molecule has 1 N–H and O–H groups in total. The van der Waals surface area contributed by atoms with Crippen LogP contribution in [0.15, 0.2) is 27.5 Å². The van der Waals surface area contributed by atoms with E-state index in [0.29, 0.717) is 17.8 Å². The van der Waals surface area contributed by atoms with Gasteiger partial charge in [-0.05, 0) is 18.6 Å². The van der Waals surface area contributed by atoms with Gasteiger partial charge in [0.15, 0.2) is 11.2 Å². The van der Waals surface area contributed by atoms with Crippen LogP contribution in [0.2, 0.25) is 0 Å². The van der Waals surface area contributed by atoms with Crippen LogP contribution in [-0.4, -0.2) is 26.3 Å². The van der Waals surface area contributed by atoms with Crippen LogP contribution in [0, 0.1) is 0 Å². The molecule has 3 aromatic heterocycles. The lowest BCUT2D eigenvalue weighted by molar-refractivity contribution is 0.517. The van der Waals surface area contributed by atoms with Crippen molar-refractivity contribution in [3.05, 3.63) is 33.9 Å². The highest BCUT2D eigenvalue weighted by Crippen LogP contribution is 2.17. The van der Waals surface area contributed by atoms with Crippen molar-refractivity contribution < 1.29 is 4.42 Å². The number of rotatable bonds is 5. The van der Waals surface area contributed by atoms with Crippen molar-refractivity contribution in [3.63, 3.8) is 0 Å². The van der Waals surface area contributed by atoms with Crippen molar-refractivity contribution in [2.24, 2.45) is 0 Å². The molecule has 3 rings (SSSR count). The van der Waals surface area contributed by atoms with Gasteiger partial charge in [0, 0.05) is 12.7 Å². The Morgan fingerprint density at radius 3 is 3.20 bits per heavy atom. The number of nitrogens with zero attached hydrogens (tertiary/aromatic N) is 4. The Bertz CT molecular complexity index is 775. The first-order valence-electron chi connectivity index (χ1n) is 6.28. The van der Waals surface area contributed by atoms with E-state index in [0.717, 1.165) is 23.1 Å². The maximum atomic E-state index is 11.8. The molecule has 0 amide bonds. The number of hydrogen-bond acceptors (Lipinski definition) is 7. The van der Waals surface area contributed by atoms with Gasteiger partial charge in [-0.3, -0.25) is 4.57 Å². The van der Waals surface area contributed by atoms with Crippen LogP contribution < -0.4 is 11.1 Å². The molecule has 20 heavy (non-hydrogen) atoms. The van der Waals surface area contributed by atoms with E-state index in [1.54, 1.807) is 18.3 Å². The molecule has 0 radical (unpaired) electrons. The molecule has 0 unspecified atom stereocenters. The molecule has 3 heterocycles. The molecule has 3 aromatic rings. The predicted molar refractivity (Wildman–Crippen MR) is 76.1 cm³/mol. The lowest BCUT2D eigenvalue weighted by Crippen LogP contribution is -2.15. The SMILES string of the molecule is CCCNc1nnc(Cn2c(=O)oc3cccnc32)s1. The fourth-order valence-electron chi connectivity index (χ4n) is 1.80. The zero-order chi connectivity index (χ0) is 13.9. The van der Waals surface area contributed by atoms with Gasteiger partial charge in [-0.2, -0.15) is 0 Å². The maximum absolute atomic E-state index is 11.8. The topological polar surface area (TPSA) is 85.8 Å². The second kappa shape index (κ2) is 5.41. The van der Waals surface area contributed by atoms with Crippen molar-refractivity contribution in [1.82, 2.24) is 19.7 Å². The van der Waals surface area contributed by atoms with Crippen LogP contribution >= 0.6 is 11.3 Å². The summed E-state index contributed by atoms with van der Waals surface area (Å²) in [6.45, 7) is 3.25. The normalized spacial score (nSPS) is 11.1. The van der Waals surface area contributed by atoms with Crippen LogP contribution in [0.1, 0.15) is 18.4 Å². The molecule has 0 spiro atoms. The van der Waals surface area contributed by atoms with Gasteiger partial charge in [0.05, 0.1) is 6.54 Å². The minimum atomic E-state index is -0.433. The van der Waals surface area contributed by atoms with Crippen molar-refractivity contribution in [3.8, 4) is 0 Å². The number of hydrogen-bond donors (Lipinski definition) is 1. The monoisotopic (exact) mass is 291 g/mol. The van der Waals surface area contributed by atoms with Crippen molar-refractivity contribution >= 4 is 27.7 Å². The number of fused-ring (bicyclic) bond motifs is 1. The minimum Gasteiger partial charge on any atom is -0.406 e. The molecule has 0 aromatic carbocycles. The zero-order valence-corrected chi connectivity index (χ0v) is 11.7. The summed E-state index contributed by atoms with van der Waals surface area (Å²) in [6.07, 6.45) is 2.65. The summed E-state index contributed by atoms with van der Waals surface area (Å²) >= 11 is 1.43. The molecule has 0 aliphatic heterocycles. The highest BCUT2D eigenvalue weighted by Gasteiger charge is 2.12. The van der Waals surface area contributed by atoms with E-state index in [4.69, 9.17) is 4.42 Å². The second-order valence-electron chi connectivity index (χ2n) is 4.21. The van der Waals surface area contributed by atoms with Gasteiger partial charge < -0.3 is 9.73 Å².